The molecule has 11 nitrogen and oxygen atoms in total. The van der Waals surface area contributed by atoms with E-state index in [2.05, 4.69) is 10.6 Å². The van der Waals surface area contributed by atoms with Crippen LogP contribution in [0.3, 0.4) is 0 Å². The third kappa shape index (κ3) is 5.28. The summed E-state index contributed by atoms with van der Waals surface area (Å²) in [6.07, 6.45) is 0. The van der Waals surface area contributed by atoms with E-state index in [4.69, 9.17) is 4.74 Å². The van der Waals surface area contributed by atoms with E-state index < -0.39 is 21.7 Å². The molecule has 0 saturated carbocycles. The quantitative estimate of drug-likeness (QED) is 0.401. The number of methoxy groups -OCH3 is 1. The van der Waals surface area contributed by atoms with E-state index in [1.807, 2.05) is 0 Å². The molecule has 0 fully saturated rings. The van der Waals surface area contributed by atoms with Crippen molar-refractivity contribution in [3.8, 4) is 5.75 Å². The molecule has 0 radical (unpaired) electrons. The molecule has 0 spiro atoms. The van der Waals surface area contributed by atoms with Crippen LogP contribution in [0.2, 0.25) is 0 Å². The minimum atomic E-state index is -0.558. The third-order valence-electron chi connectivity index (χ3n) is 4.72. The molecule has 0 aliphatic rings. The second-order valence-corrected chi connectivity index (χ2v) is 6.88. The Labute approximate surface area is 187 Å². The number of anilines is 2. The molecule has 0 saturated heterocycles. The Balaban J connectivity index is 1.78. The highest BCUT2D eigenvalue weighted by Crippen LogP contribution is 2.32. The first-order valence-electron chi connectivity index (χ1n) is 9.50. The van der Waals surface area contributed by atoms with Crippen molar-refractivity contribution in [1.29, 1.82) is 0 Å². The molecule has 168 valence electrons. The molecule has 0 aromatic heterocycles. The lowest BCUT2D eigenvalue weighted by atomic mass is 10.1. The second kappa shape index (κ2) is 9.56. The van der Waals surface area contributed by atoms with Crippen molar-refractivity contribution >= 4 is 34.6 Å². The van der Waals surface area contributed by atoms with Gasteiger partial charge in [-0.1, -0.05) is 0 Å². The molecular weight excluding hydrogens is 432 g/mol. The monoisotopic (exact) mass is 450 g/mol. The zero-order valence-corrected chi connectivity index (χ0v) is 17.5. The fraction of sp³-hybridized carbons (Fsp3) is 0.0909. The van der Waals surface area contributed by atoms with Crippen molar-refractivity contribution in [3.05, 3.63) is 97.6 Å². The van der Waals surface area contributed by atoms with Crippen molar-refractivity contribution in [2.24, 2.45) is 0 Å². The van der Waals surface area contributed by atoms with Gasteiger partial charge in [0.15, 0.2) is 0 Å². The number of aryl methyl sites for hydroxylation is 1. The highest BCUT2D eigenvalue weighted by atomic mass is 16.6. The molecule has 0 heterocycles. The van der Waals surface area contributed by atoms with E-state index in [1.54, 1.807) is 13.0 Å². The first kappa shape index (κ1) is 22.9. The van der Waals surface area contributed by atoms with Gasteiger partial charge in [-0.3, -0.25) is 29.8 Å². The molecule has 0 aliphatic heterocycles. The summed E-state index contributed by atoms with van der Waals surface area (Å²) >= 11 is 0. The van der Waals surface area contributed by atoms with E-state index in [0.29, 0.717) is 16.9 Å². The average Bonchev–Trinajstić information content (AvgIpc) is 2.80. The SMILES string of the molecule is COc1cc(NC(=O)c2ccc([N+](=O)[O-])cc2)c(C)cc1NC(=O)c1ccc([N+](=O)[O-])cc1. The normalized spacial score (nSPS) is 10.2. The standard InChI is InChI=1S/C22H18N4O7/c1-13-11-19(24-22(28)15-5-9-17(10-6-15)26(31)32)20(33-2)12-18(13)23-21(27)14-3-7-16(8-4-14)25(29)30/h3-12H,1-2H3,(H,23,27)(H,24,28). The maximum Gasteiger partial charge on any atom is 0.269 e. The minimum Gasteiger partial charge on any atom is -0.494 e. The summed E-state index contributed by atoms with van der Waals surface area (Å²) in [6, 6.07) is 13.4. The number of nitro groups is 2. The minimum absolute atomic E-state index is 0.127. The molecule has 0 bridgehead atoms. The van der Waals surface area contributed by atoms with Gasteiger partial charge in [0, 0.05) is 47.1 Å². The number of non-ortho nitro benzene ring substituents is 2. The van der Waals surface area contributed by atoms with E-state index in [-0.39, 0.29) is 28.3 Å². The lowest BCUT2D eigenvalue weighted by Gasteiger charge is -2.15. The fourth-order valence-electron chi connectivity index (χ4n) is 2.95. The summed E-state index contributed by atoms with van der Waals surface area (Å²) in [6.45, 7) is 1.71. The van der Waals surface area contributed by atoms with Crippen LogP contribution < -0.4 is 15.4 Å². The topological polar surface area (TPSA) is 154 Å². The Kier molecular flexibility index (Phi) is 6.63. The van der Waals surface area contributed by atoms with Crippen LogP contribution >= 0.6 is 0 Å². The number of carbonyl (C=O) groups is 2. The van der Waals surface area contributed by atoms with E-state index >= 15 is 0 Å². The zero-order valence-electron chi connectivity index (χ0n) is 17.5. The lowest BCUT2D eigenvalue weighted by Crippen LogP contribution is -2.15. The molecule has 2 amide bonds. The number of carbonyl (C=O) groups excluding carboxylic acids is 2. The molecule has 2 N–H and O–H groups in total. The van der Waals surface area contributed by atoms with Crippen LogP contribution in [0.1, 0.15) is 26.3 Å². The number of benzene rings is 3. The van der Waals surface area contributed by atoms with Crippen LogP contribution in [-0.2, 0) is 0 Å². The number of rotatable bonds is 7. The molecule has 3 rings (SSSR count). The highest BCUT2D eigenvalue weighted by Gasteiger charge is 2.16. The predicted molar refractivity (Wildman–Crippen MR) is 120 cm³/mol. The van der Waals surface area contributed by atoms with Gasteiger partial charge in [-0.25, -0.2) is 0 Å². The molecule has 0 unspecified atom stereocenters. The largest absolute Gasteiger partial charge is 0.494 e. The van der Waals surface area contributed by atoms with Gasteiger partial charge in [0.1, 0.15) is 5.75 Å². The van der Waals surface area contributed by atoms with Crippen molar-refractivity contribution in [3.63, 3.8) is 0 Å². The summed E-state index contributed by atoms with van der Waals surface area (Å²) in [4.78, 5) is 45.5. The molecule has 3 aromatic rings. The van der Waals surface area contributed by atoms with Gasteiger partial charge < -0.3 is 15.4 Å². The van der Waals surface area contributed by atoms with Gasteiger partial charge >= 0.3 is 0 Å². The summed E-state index contributed by atoms with van der Waals surface area (Å²) in [7, 11) is 1.40. The van der Waals surface area contributed by atoms with Crippen LogP contribution in [-0.4, -0.2) is 28.8 Å². The maximum atomic E-state index is 12.5. The van der Waals surface area contributed by atoms with Gasteiger partial charge in [0.05, 0.1) is 22.6 Å². The van der Waals surface area contributed by atoms with Crippen LogP contribution in [0.5, 0.6) is 5.75 Å². The van der Waals surface area contributed by atoms with Gasteiger partial charge in [0.2, 0.25) is 0 Å². The van der Waals surface area contributed by atoms with Crippen LogP contribution in [0.4, 0.5) is 22.7 Å². The Bertz CT molecular complexity index is 1240. The summed E-state index contributed by atoms with van der Waals surface area (Å²) in [5.74, 6) is -0.696. The number of nitrogens with zero attached hydrogens (tertiary/aromatic N) is 2. The molecule has 33 heavy (non-hydrogen) atoms. The third-order valence-corrected chi connectivity index (χ3v) is 4.72. The van der Waals surface area contributed by atoms with Crippen molar-refractivity contribution in [2.75, 3.05) is 17.7 Å². The average molecular weight is 450 g/mol. The van der Waals surface area contributed by atoms with Gasteiger partial charge in [-0.15, -0.1) is 0 Å². The Hall–Kier alpha value is -4.80. The molecule has 11 heteroatoms. The van der Waals surface area contributed by atoms with Crippen LogP contribution in [0, 0.1) is 27.2 Å². The van der Waals surface area contributed by atoms with Gasteiger partial charge in [-0.05, 0) is 42.8 Å². The number of amides is 2. The highest BCUT2D eigenvalue weighted by molar-refractivity contribution is 6.07. The first-order chi connectivity index (χ1) is 15.7. The predicted octanol–water partition coefficient (Wildman–Crippen LogP) is 4.32. The summed E-state index contributed by atoms with van der Waals surface area (Å²) < 4.78 is 5.33. The Morgan fingerprint density at radius 1 is 0.758 bits per heavy atom. The number of nitrogens with one attached hydrogen (secondary N) is 2. The zero-order chi connectivity index (χ0) is 24.1. The smallest absolute Gasteiger partial charge is 0.269 e. The number of hydrogen-bond donors (Lipinski definition) is 2. The maximum absolute atomic E-state index is 12.5. The van der Waals surface area contributed by atoms with Crippen molar-refractivity contribution < 1.29 is 24.2 Å². The van der Waals surface area contributed by atoms with E-state index in [1.165, 1.54) is 61.7 Å². The Morgan fingerprint density at radius 2 is 1.18 bits per heavy atom. The molecular formula is C22H18N4O7. The van der Waals surface area contributed by atoms with Crippen molar-refractivity contribution in [1.82, 2.24) is 0 Å². The summed E-state index contributed by atoms with van der Waals surface area (Å²) in [5.41, 5.74) is 1.57. The van der Waals surface area contributed by atoms with E-state index in [9.17, 15) is 29.8 Å². The summed E-state index contributed by atoms with van der Waals surface area (Å²) in [5, 5.41) is 26.9. The fourth-order valence-corrected chi connectivity index (χ4v) is 2.95. The molecule has 3 aromatic carbocycles. The van der Waals surface area contributed by atoms with Crippen LogP contribution in [0.25, 0.3) is 0 Å². The lowest BCUT2D eigenvalue weighted by molar-refractivity contribution is -0.385. The van der Waals surface area contributed by atoms with Crippen molar-refractivity contribution in [2.45, 2.75) is 6.92 Å². The van der Waals surface area contributed by atoms with Gasteiger partial charge in [-0.2, -0.15) is 0 Å². The number of hydrogen-bond acceptors (Lipinski definition) is 7. The van der Waals surface area contributed by atoms with E-state index in [0.717, 1.165) is 0 Å². The number of nitro benzene ring substituents is 2. The molecule has 0 atom stereocenters. The molecule has 0 aliphatic carbocycles. The first-order valence-corrected chi connectivity index (χ1v) is 9.50. The van der Waals surface area contributed by atoms with Gasteiger partial charge in [0.25, 0.3) is 23.2 Å². The second-order valence-electron chi connectivity index (χ2n) is 6.88. The van der Waals surface area contributed by atoms with Crippen LogP contribution in [0.15, 0.2) is 60.7 Å². The Morgan fingerprint density at radius 3 is 1.58 bits per heavy atom. The number of ether oxygens (including phenoxy) is 1.